The van der Waals surface area contributed by atoms with E-state index in [0.717, 1.165) is 30.8 Å². The Balaban J connectivity index is 1.79. The number of hydrogen-bond acceptors (Lipinski definition) is 4. The summed E-state index contributed by atoms with van der Waals surface area (Å²) in [5.41, 5.74) is 5.35. The monoisotopic (exact) mass is 264 g/mol. The van der Waals surface area contributed by atoms with E-state index >= 15 is 0 Å². The lowest BCUT2D eigenvalue weighted by Gasteiger charge is -2.34. The zero-order chi connectivity index (χ0) is 13.0. The van der Waals surface area contributed by atoms with Crippen molar-refractivity contribution in [1.29, 1.82) is 0 Å². The molecule has 0 bridgehead atoms. The van der Waals surface area contributed by atoms with Crippen LogP contribution in [-0.4, -0.2) is 36.2 Å². The summed E-state index contributed by atoms with van der Waals surface area (Å²) < 4.78 is 0. The molecule has 0 saturated heterocycles. The van der Waals surface area contributed by atoms with Crippen LogP contribution >= 0.6 is 11.3 Å². The summed E-state index contributed by atoms with van der Waals surface area (Å²) in [5, 5.41) is 9.26. The van der Waals surface area contributed by atoms with Gasteiger partial charge >= 0.3 is 0 Å². The molecule has 1 aromatic rings. The summed E-state index contributed by atoms with van der Waals surface area (Å²) in [5.74, 6) is 6.60. The maximum atomic E-state index is 9.26. The van der Waals surface area contributed by atoms with Gasteiger partial charge in [0, 0.05) is 18.0 Å². The zero-order valence-electron chi connectivity index (χ0n) is 10.7. The van der Waals surface area contributed by atoms with E-state index in [1.54, 1.807) is 11.3 Å². The molecule has 0 amide bonds. The largest absolute Gasteiger partial charge is 0.393 e. The first-order chi connectivity index (χ1) is 8.67. The van der Waals surface area contributed by atoms with Crippen LogP contribution in [0.5, 0.6) is 0 Å². The number of thiophene rings is 1. The second-order valence-corrected chi connectivity index (χ2v) is 6.13. The summed E-state index contributed by atoms with van der Waals surface area (Å²) in [6, 6.07) is 4.20. The van der Waals surface area contributed by atoms with Crippen molar-refractivity contribution in [2.45, 2.75) is 25.5 Å². The molecule has 1 saturated carbocycles. The van der Waals surface area contributed by atoms with E-state index in [2.05, 4.69) is 35.9 Å². The van der Waals surface area contributed by atoms with Crippen molar-refractivity contribution in [2.75, 3.05) is 20.1 Å². The fourth-order valence-corrected chi connectivity index (χ4v) is 3.25. The standard InChI is InChI=1S/C14H20N2OS/c1-16(9-11-7-12(17)8-11)10-14-5-4-13(18-14)3-2-6-15/h4-5,11-12,17H,6-10,15H2,1H3. The number of nitrogens with zero attached hydrogens (tertiary/aromatic N) is 1. The minimum Gasteiger partial charge on any atom is -0.393 e. The lowest BCUT2D eigenvalue weighted by atomic mass is 9.82. The highest BCUT2D eigenvalue weighted by molar-refractivity contribution is 7.12. The van der Waals surface area contributed by atoms with Crippen LogP contribution in [0.3, 0.4) is 0 Å². The van der Waals surface area contributed by atoms with Gasteiger partial charge < -0.3 is 15.7 Å². The molecule has 1 aromatic heterocycles. The van der Waals surface area contributed by atoms with Crippen LogP contribution in [0.2, 0.25) is 0 Å². The Morgan fingerprint density at radius 2 is 2.28 bits per heavy atom. The molecule has 1 heterocycles. The number of hydrogen-bond donors (Lipinski definition) is 2. The lowest BCUT2D eigenvalue weighted by Crippen LogP contribution is -2.36. The Hall–Kier alpha value is -0.860. The van der Waals surface area contributed by atoms with Crippen molar-refractivity contribution in [3.05, 3.63) is 21.9 Å². The molecule has 0 unspecified atom stereocenters. The van der Waals surface area contributed by atoms with Gasteiger partial charge in [0.05, 0.1) is 17.5 Å². The third-order valence-electron chi connectivity index (χ3n) is 3.18. The number of aliphatic hydroxyl groups excluding tert-OH is 1. The van der Waals surface area contributed by atoms with Crippen molar-refractivity contribution >= 4 is 11.3 Å². The molecule has 18 heavy (non-hydrogen) atoms. The predicted molar refractivity (Wildman–Crippen MR) is 75.3 cm³/mol. The molecule has 0 radical (unpaired) electrons. The Kier molecular flexibility index (Phi) is 4.79. The number of rotatable bonds is 4. The molecule has 0 aliphatic heterocycles. The SMILES string of the molecule is CN(Cc1ccc(C#CCN)s1)CC1CC(O)C1. The van der Waals surface area contributed by atoms with Crippen LogP contribution in [0, 0.1) is 17.8 Å². The van der Waals surface area contributed by atoms with Gasteiger partial charge in [-0.05, 0) is 37.9 Å². The van der Waals surface area contributed by atoms with E-state index < -0.39 is 0 Å². The van der Waals surface area contributed by atoms with E-state index in [9.17, 15) is 5.11 Å². The average Bonchev–Trinajstić information content (AvgIpc) is 2.72. The molecule has 0 spiro atoms. The molecular formula is C14H20N2OS. The number of aliphatic hydroxyl groups is 1. The fraction of sp³-hybridized carbons (Fsp3) is 0.571. The summed E-state index contributed by atoms with van der Waals surface area (Å²) >= 11 is 1.73. The van der Waals surface area contributed by atoms with Gasteiger partial charge in [0.1, 0.15) is 0 Å². The number of nitrogens with two attached hydrogens (primary N) is 1. The molecular weight excluding hydrogens is 244 g/mol. The normalized spacial score (nSPS) is 22.4. The van der Waals surface area contributed by atoms with Gasteiger partial charge in [-0.1, -0.05) is 11.8 Å². The molecule has 3 nitrogen and oxygen atoms in total. The van der Waals surface area contributed by atoms with Crippen molar-refractivity contribution in [3.8, 4) is 11.8 Å². The third-order valence-corrected chi connectivity index (χ3v) is 4.17. The van der Waals surface area contributed by atoms with Crippen molar-refractivity contribution in [1.82, 2.24) is 4.90 Å². The Labute approximate surface area is 113 Å². The van der Waals surface area contributed by atoms with E-state index in [4.69, 9.17) is 5.73 Å². The zero-order valence-corrected chi connectivity index (χ0v) is 11.5. The van der Waals surface area contributed by atoms with Gasteiger partial charge in [-0.15, -0.1) is 11.3 Å². The summed E-state index contributed by atoms with van der Waals surface area (Å²) in [6.07, 6.45) is 1.87. The fourth-order valence-electron chi connectivity index (χ4n) is 2.29. The topological polar surface area (TPSA) is 49.5 Å². The maximum Gasteiger partial charge on any atom is 0.0772 e. The van der Waals surface area contributed by atoms with Gasteiger partial charge in [-0.3, -0.25) is 0 Å². The molecule has 0 atom stereocenters. The molecule has 3 N–H and O–H groups in total. The second-order valence-electron chi connectivity index (χ2n) is 4.96. The molecule has 2 rings (SSSR count). The first kappa shape index (κ1) is 13.6. The Morgan fingerprint density at radius 3 is 2.94 bits per heavy atom. The predicted octanol–water partition coefficient (Wildman–Crippen LogP) is 1.26. The minimum atomic E-state index is -0.0525. The summed E-state index contributed by atoms with van der Waals surface area (Å²) in [7, 11) is 2.13. The highest BCUT2D eigenvalue weighted by atomic mass is 32.1. The van der Waals surface area contributed by atoms with Gasteiger partial charge in [0.2, 0.25) is 0 Å². The van der Waals surface area contributed by atoms with Crippen LogP contribution in [-0.2, 0) is 6.54 Å². The van der Waals surface area contributed by atoms with E-state index in [0.29, 0.717) is 12.5 Å². The molecule has 98 valence electrons. The van der Waals surface area contributed by atoms with E-state index in [-0.39, 0.29) is 6.10 Å². The Morgan fingerprint density at radius 1 is 1.50 bits per heavy atom. The van der Waals surface area contributed by atoms with Gasteiger partial charge in [0.15, 0.2) is 0 Å². The quantitative estimate of drug-likeness (QED) is 0.805. The van der Waals surface area contributed by atoms with Crippen LogP contribution in [0.4, 0.5) is 0 Å². The van der Waals surface area contributed by atoms with Crippen LogP contribution in [0.25, 0.3) is 0 Å². The van der Waals surface area contributed by atoms with Crippen molar-refractivity contribution < 1.29 is 5.11 Å². The highest BCUT2D eigenvalue weighted by Crippen LogP contribution is 2.28. The maximum absolute atomic E-state index is 9.26. The first-order valence-corrected chi connectivity index (χ1v) is 7.13. The van der Waals surface area contributed by atoms with E-state index in [1.807, 2.05) is 0 Å². The van der Waals surface area contributed by atoms with Gasteiger partial charge in [-0.2, -0.15) is 0 Å². The second kappa shape index (κ2) is 6.35. The Bertz CT molecular complexity index is 440. The lowest BCUT2D eigenvalue weighted by molar-refractivity contribution is 0.0275. The molecule has 4 heteroatoms. The average molecular weight is 264 g/mol. The summed E-state index contributed by atoms with van der Waals surface area (Å²) in [4.78, 5) is 4.74. The van der Waals surface area contributed by atoms with Crippen LogP contribution in [0.15, 0.2) is 12.1 Å². The first-order valence-electron chi connectivity index (χ1n) is 6.31. The molecule has 1 aliphatic rings. The minimum absolute atomic E-state index is 0.0525. The highest BCUT2D eigenvalue weighted by Gasteiger charge is 2.27. The molecule has 0 aromatic carbocycles. The van der Waals surface area contributed by atoms with Crippen molar-refractivity contribution in [2.24, 2.45) is 11.7 Å². The molecule has 1 aliphatic carbocycles. The van der Waals surface area contributed by atoms with Gasteiger partial charge in [0.25, 0.3) is 0 Å². The van der Waals surface area contributed by atoms with Crippen molar-refractivity contribution in [3.63, 3.8) is 0 Å². The van der Waals surface area contributed by atoms with Crippen LogP contribution < -0.4 is 5.73 Å². The smallest absolute Gasteiger partial charge is 0.0772 e. The van der Waals surface area contributed by atoms with Gasteiger partial charge in [-0.25, -0.2) is 0 Å². The third kappa shape index (κ3) is 3.82. The molecule has 1 fully saturated rings. The summed E-state index contributed by atoms with van der Waals surface area (Å²) in [6.45, 7) is 2.44. The van der Waals surface area contributed by atoms with E-state index in [1.165, 1.54) is 4.88 Å². The van der Waals surface area contributed by atoms with Crippen LogP contribution in [0.1, 0.15) is 22.6 Å².